The van der Waals surface area contributed by atoms with Gasteiger partial charge in [-0.2, -0.15) is 4.99 Å². The van der Waals surface area contributed by atoms with Crippen molar-refractivity contribution in [1.29, 1.82) is 0 Å². The molecule has 3 amide bonds. The lowest BCUT2D eigenvalue weighted by atomic mass is 10.2. The summed E-state index contributed by atoms with van der Waals surface area (Å²) < 4.78 is 0. The van der Waals surface area contributed by atoms with Gasteiger partial charge in [0.1, 0.15) is 18.1 Å². The number of hydrogen-bond donors (Lipinski definition) is 5. The average molecular weight is 488 g/mol. The van der Waals surface area contributed by atoms with Gasteiger partial charge in [0.05, 0.1) is 25.8 Å². The smallest absolute Gasteiger partial charge is 0.333 e. The number of anilines is 1. The number of nitrogens with zero attached hydrogens (tertiary/aromatic N) is 3. The molecule has 0 fully saturated rings. The first-order chi connectivity index (χ1) is 16.2. The van der Waals surface area contributed by atoms with Crippen molar-refractivity contribution in [2.45, 2.75) is 19.5 Å². The van der Waals surface area contributed by atoms with E-state index in [-0.39, 0.29) is 24.1 Å². The maximum atomic E-state index is 13.4. The van der Waals surface area contributed by atoms with Gasteiger partial charge in [-0.25, -0.2) is 4.79 Å². The largest absolute Gasteiger partial charge is 0.508 e. The monoisotopic (exact) mass is 487 g/mol. The number of benzene rings is 2. The number of aliphatic hydroxyl groups is 2. The van der Waals surface area contributed by atoms with Gasteiger partial charge in [-0.1, -0.05) is 30.3 Å². The molecule has 0 spiro atoms. The normalized spacial score (nSPS) is 13.9. The van der Waals surface area contributed by atoms with Crippen LogP contribution in [0.15, 0.2) is 59.9 Å². The number of amides is 3. The molecular weight excluding hydrogens is 462 g/mol. The molecule has 0 unspecified atom stereocenters. The number of phenols is 1. The molecule has 0 bridgehead atoms. The Morgan fingerprint density at radius 3 is 2.44 bits per heavy atom. The maximum Gasteiger partial charge on any atom is 0.333 e. The zero-order valence-corrected chi connectivity index (χ0v) is 19.3. The van der Waals surface area contributed by atoms with E-state index < -0.39 is 37.7 Å². The molecule has 0 atom stereocenters. The molecule has 0 radical (unpaired) electrons. The predicted molar refractivity (Wildman–Crippen MR) is 128 cm³/mol. The number of rotatable bonds is 8. The molecule has 34 heavy (non-hydrogen) atoms. The van der Waals surface area contributed by atoms with E-state index in [9.17, 15) is 24.9 Å². The number of carbonyl (C=O) groups is 2. The fourth-order valence-corrected chi connectivity index (χ4v) is 3.31. The predicted octanol–water partition coefficient (Wildman–Crippen LogP) is 2.00. The Kier molecular flexibility index (Phi) is 8.11. The van der Waals surface area contributed by atoms with Crippen LogP contribution in [0.25, 0.3) is 0 Å². The zero-order chi connectivity index (χ0) is 24.8. The standard InChI is InChI=1S/C23H26ClN5O5/c1-14-9-18(7-8-20(14)32)27-22-25-15(2)28(11-21(33)26-19(12-30)13-31)23(34)29(22)10-16-3-5-17(24)6-4-16/h3-9,19,30-32H,2,10-13H2,1H3,(H,25,27)(H,26,33). The Morgan fingerprint density at radius 1 is 1.15 bits per heavy atom. The zero-order valence-electron chi connectivity index (χ0n) is 18.5. The van der Waals surface area contributed by atoms with E-state index >= 15 is 0 Å². The summed E-state index contributed by atoms with van der Waals surface area (Å²) in [5, 5.41) is 34.2. The topological polar surface area (TPSA) is 138 Å². The quantitative estimate of drug-likeness (QED) is 0.361. The van der Waals surface area contributed by atoms with Crippen molar-refractivity contribution in [2.24, 2.45) is 4.99 Å². The van der Waals surface area contributed by atoms with E-state index in [0.717, 1.165) is 10.5 Å². The molecule has 2 aromatic carbocycles. The van der Waals surface area contributed by atoms with Gasteiger partial charge in [0.2, 0.25) is 11.9 Å². The Bertz CT molecular complexity index is 1100. The molecule has 0 saturated heterocycles. The van der Waals surface area contributed by atoms with E-state index in [4.69, 9.17) is 11.6 Å². The third-order valence-electron chi connectivity index (χ3n) is 5.08. The first-order valence-electron chi connectivity index (χ1n) is 10.4. The molecule has 5 N–H and O–H groups in total. The molecule has 1 aliphatic rings. The molecular formula is C23H26ClN5O5. The third-order valence-corrected chi connectivity index (χ3v) is 5.33. The Hall–Kier alpha value is -3.60. The van der Waals surface area contributed by atoms with Crippen LogP contribution in [-0.2, 0) is 11.3 Å². The van der Waals surface area contributed by atoms with Crippen LogP contribution in [0.4, 0.5) is 10.5 Å². The molecule has 1 aliphatic heterocycles. The minimum Gasteiger partial charge on any atom is -0.508 e. The Morgan fingerprint density at radius 2 is 1.82 bits per heavy atom. The van der Waals surface area contributed by atoms with E-state index in [1.807, 2.05) is 0 Å². The van der Waals surface area contributed by atoms with Crippen LogP contribution >= 0.6 is 11.6 Å². The number of aromatic hydroxyl groups is 1. The third kappa shape index (κ3) is 6.04. The number of halogens is 1. The maximum absolute atomic E-state index is 13.4. The van der Waals surface area contributed by atoms with Gasteiger partial charge in [-0.15, -0.1) is 0 Å². The Balaban J connectivity index is 1.88. The van der Waals surface area contributed by atoms with Gasteiger partial charge in [0.15, 0.2) is 0 Å². The minimum atomic E-state index is -0.843. The van der Waals surface area contributed by atoms with Crippen LogP contribution < -0.4 is 10.6 Å². The van der Waals surface area contributed by atoms with E-state index in [0.29, 0.717) is 16.3 Å². The van der Waals surface area contributed by atoms with Crippen molar-refractivity contribution in [3.05, 3.63) is 71.0 Å². The summed E-state index contributed by atoms with van der Waals surface area (Å²) in [4.78, 5) is 32.7. The summed E-state index contributed by atoms with van der Waals surface area (Å²) in [5.41, 5.74) is 2.00. The molecule has 0 saturated carbocycles. The second-order valence-electron chi connectivity index (χ2n) is 7.69. The second kappa shape index (κ2) is 11.0. The minimum absolute atomic E-state index is 0.0371. The van der Waals surface area contributed by atoms with Gasteiger partial charge in [0.25, 0.3) is 0 Å². The van der Waals surface area contributed by atoms with E-state index in [1.54, 1.807) is 43.3 Å². The van der Waals surface area contributed by atoms with Crippen molar-refractivity contribution in [3.63, 3.8) is 0 Å². The van der Waals surface area contributed by atoms with Crippen LogP contribution in [0.5, 0.6) is 5.75 Å². The summed E-state index contributed by atoms with van der Waals surface area (Å²) in [6.45, 7) is 4.38. The summed E-state index contributed by atoms with van der Waals surface area (Å²) >= 11 is 5.97. The van der Waals surface area contributed by atoms with Gasteiger partial charge in [0, 0.05) is 10.7 Å². The van der Waals surface area contributed by atoms with Crippen LogP contribution in [0.3, 0.4) is 0 Å². The van der Waals surface area contributed by atoms with Crippen molar-refractivity contribution in [1.82, 2.24) is 15.1 Å². The fourth-order valence-electron chi connectivity index (χ4n) is 3.19. The van der Waals surface area contributed by atoms with Crippen LogP contribution in [0, 0.1) is 6.92 Å². The van der Waals surface area contributed by atoms with Crippen molar-refractivity contribution in [2.75, 3.05) is 25.1 Å². The summed E-state index contributed by atoms with van der Waals surface area (Å²) in [5.74, 6) is -0.226. The number of aliphatic imine (C=N–C) groups is 1. The van der Waals surface area contributed by atoms with Crippen LogP contribution in [0.2, 0.25) is 5.02 Å². The average Bonchev–Trinajstić information content (AvgIpc) is 2.81. The molecule has 11 heteroatoms. The van der Waals surface area contributed by atoms with E-state index in [2.05, 4.69) is 22.2 Å². The lowest BCUT2D eigenvalue weighted by Crippen LogP contribution is -2.54. The number of aryl methyl sites for hydroxylation is 1. The highest BCUT2D eigenvalue weighted by molar-refractivity contribution is 6.30. The lowest BCUT2D eigenvalue weighted by molar-refractivity contribution is -0.122. The van der Waals surface area contributed by atoms with E-state index in [1.165, 1.54) is 11.0 Å². The molecule has 10 nitrogen and oxygen atoms in total. The van der Waals surface area contributed by atoms with Crippen molar-refractivity contribution in [3.8, 4) is 5.75 Å². The highest BCUT2D eigenvalue weighted by Gasteiger charge is 2.33. The fraction of sp³-hybridized carbons (Fsp3) is 0.261. The number of urea groups is 1. The van der Waals surface area contributed by atoms with Crippen molar-refractivity contribution < 1.29 is 24.9 Å². The SMILES string of the molecule is C=C1N=C(Nc2ccc(O)c(C)c2)N(Cc2ccc(Cl)cc2)C(=O)N1CC(=O)NC(CO)CO. The molecule has 0 aliphatic carbocycles. The summed E-state index contributed by atoms with van der Waals surface area (Å²) in [6.07, 6.45) is 0. The number of nitrogens with one attached hydrogen (secondary N) is 2. The second-order valence-corrected chi connectivity index (χ2v) is 8.13. The molecule has 3 rings (SSSR count). The Labute approximate surface area is 201 Å². The van der Waals surface area contributed by atoms with Crippen molar-refractivity contribution >= 4 is 35.2 Å². The van der Waals surface area contributed by atoms with Gasteiger partial charge >= 0.3 is 6.03 Å². The van der Waals surface area contributed by atoms with Gasteiger partial charge < -0.3 is 26.0 Å². The lowest BCUT2D eigenvalue weighted by Gasteiger charge is -2.35. The highest BCUT2D eigenvalue weighted by atomic mass is 35.5. The molecule has 2 aromatic rings. The number of phenolic OH excluding ortho intramolecular Hbond substituents is 1. The van der Waals surface area contributed by atoms with Crippen LogP contribution in [0.1, 0.15) is 11.1 Å². The number of hydrogen-bond acceptors (Lipinski definition) is 7. The number of aliphatic hydroxyl groups excluding tert-OH is 2. The molecule has 180 valence electrons. The number of guanidine groups is 1. The summed E-state index contributed by atoms with van der Waals surface area (Å²) in [6, 6.07) is 10.4. The molecule has 0 aromatic heterocycles. The molecule has 1 heterocycles. The highest BCUT2D eigenvalue weighted by Crippen LogP contribution is 2.24. The van der Waals surface area contributed by atoms with Gasteiger partial charge in [-0.05, 0) is 48.4 Å². The first-order valence-corrected chi connectivity index (χ1v) is 10.8. The summed E-state index contributed by atoms with van der Waals surface area (Å²) in [7, 11) is 0. The van der Waals surface area contributed by atoms with Gasteiger partial charge in [-0.3, -0.25) is 14.6 Å². The first kappa shape index (κ1) is 25.0. The van der Waals surface area contributed by atoms with Crippen LogP contribution in [-0.4, -0.2) is 68.8 Å². The number of carbonyl (C=O) groups excluding carboxylic acids is 2.